The molecule has 13 heavy (non-hydrogen) atoms. The molecular weight excluding hydrogens is 162 g/mol. The lowest BCUT2D eigenvalue weighted by Gasteiger charge is -2.26. The van der Waals surface area contributed by atoms with Crippen molar-refractivity contribution in [2.24, 2.45) is 0 Å². The van der Waals surface area contributed by atoms with E-state index in [1.165, 1.54) is 0 Å². The minimum atomic E-state index is -0.218. The Hall–Kier alpha value is -0.520. The number of nitrogens with one attached hydrogen (secondary N) is 1. The Kier molecular flexibility index (Phi) is 4.46. The number of rotatable bonds is 5. The monoisotopic (exact) mass is 183 g/mol. The van der Waals surface area contributed by atoms with E-state index >= 15 is 0 Å². The summed E-state index contributed by atoms with van der Waals surface area (Å²) in [5.41, 5.74) is -0.290. The van der Waals surface area contributed by atoms with Crippen LogP contribution in [-0.4, -0.2) is 24.8 Å². The van der Waals surface area contributed by atoms with E-state index in [1.807, 2.05) is 13.8 Å². The lowest BCUT2D eigenvalue weighted by atomic mass is 10.0. The van der Waals surface area contributed by atoms with E-state index in [0.29, 0.717) is 0 Å². The summed E-state index contributed by atoms with van der Waals surface area (Å²) in [6.45, 7) is 8.99. The van der Waals surface area contributed by atoms with Crippen molar-refractivity contribution in [1.29, 1.82) is 0 Å². The second-order valence-corrected chi connectivity index (χ2v) is 4.41. The molecule has 2 nitrogen and oxygen atoms in total. The zero-order valence-corrected chi connectivity index (χ0v) is 9.40. The van der Waals surface area contributed by atoms with Crippen LogP contribution in [0.3, 0.4) is 0 Å². The Balaban J connectivity index is 3.76. The maximum Gasteiger partial charge on any atom is 0.0741 e. The molecule has 0 spiro atoms. The Morgan fingerprint density at radius 2 is 1.85 bits per heavy atom. The van der Waals surface area contributed by atoms with Crippen LogP contribution in [-0.2, 0) is 4.74 Å². The molecule has 0 radical (unpaired) electrons. The van der Waals surface area contributed by atoms with Crippen molar-refractivity contribution in [1.82, 2.24) is 5.32 Å². The molecule has 0 heterocycles. The topological polar surface area (TPSA) is 21.3 Å². The average Bonchev–Trinajstić information content (AvgIpc) is 2.04. The van der Waals surface area contributed by atoms with Crippen LogP contribution in [0.2, 0.25) is 0 Å². The first-order valence-corrected chi connectivity index (χ1v) is 4.61. The van der Waals surface area contributed by atoms with Gasteiger partial charge in [-0.15, -0.1) is 6.42 Å². The zero-order chi connectivity index (χ0) is 10.5. The average molecular weight is 183 g/mol. The van der Waals surface area contributed by atoms with Gasteiger partial charge in [-0.3, -0.25) is 0 Å². The summed E-state index contributed by atoms with van der Waals surface area (Å²) >= 11 is 0. The Labute approximate surface area is 82.1 Å². The largest absolute Gasteiger partial charge is 0.379 e. The predicted octanol–water partition coefficient (Wildman–Crippen LogP) is 1.80. The molecule has 0 bridgehead atoms. The van der Waals surface area contributed by atoms with E-state index in [1.54, 1.807) is 7.11 Å². The van der Waals surface area contributed by atoms with E-state index in [4.69, 9.17) is 11.2 Å². The quantitative estimate of drug-likeness (QED) is 0.656. The van der Waals surface area contributed by atoms with Crippen LogP contribution in [0.25, 0.3) is 0 Å². The number of ether oxygens (including phenoxy) is 1. The van der Waals surface area contributed by atoms with Gasteiger partial charge in [-0.2, -0.15) is 0 Å². The highest BCUT2D eigenvalue weighted by Gasteiger charge is 2.18. The molecule has 0 amide bonds. The van der Waals surface area contributed by atoms with Crippen molar-refractivity contribution in [2.45, 2.75) is 45.3 Å². The maximum absolute atomic E-state index is 5.34. The van der Waals surface area contributed by atoms with Crippen LogP contribution >= 0.6 is 0 Å². The Bertz CT molecular complexity index is 189. The van der Waals surface area contributed by atoms with E-state index in [9.17, 15) is 0 Å². The van der Waals surface area contributed by atoms with Crippen molar-refractivity contribution < 1.29 is 4.74 Å². The SMILES string of the molecule is C#CC(C)(C)NCCC(C)(C)OC. The first-order chi connectivity index (χ1) is 5.83. The summed E-state index contributed by atoms with van der Waals surface area (Å²) in [7, 11) is 1.73. The van der Waals surface area contributed by atoms with Gasteiger partial charge in [0.15, 0.2) is 0 Å². The molecule has 0 aliphatic carbocycles. The van der Waals surface area contributed by atoms with Crippen molar-refractivity contribution in [2.75, 3.05) is 13.7 Å². The number of hydrogen-bond acceptors (Lipinski definition) is 2. The van der Waals surface area contributed by atoms with Crippen molar-refractivity contribution in [3.63, 3.8) is 0 Å². The van der Waals surface area contributed by atoms with Crippen LogP contribution in [0, 0.1) is 12.3 Å². The molecule has 1 N–H and O–H groups in total. The highest BCUT2D eigenvalue weighted by Crippen LogP contribution is 2.12. The fraction of sp³-hybridized carbons (Fsp3) is 0.818. The number of hydrogen-bond donors (Lipinski definition) is 1. The first kappa shape index (κ1) is 12.5. The molecule has 0 aromatic heterocycles. The third kappa shape index (κ3) is 5.68. The van der Waals surface area contributed by atoms with Gasteiger partial charge in [-0.1, -0.05) is 5.92 Å². The van der Waals surface area contributed by atoms with Gasteiger partial charge in [-0.25, -0.2) is 0 Å². The second-order valence-electron chi connectivity index (χ2n) is 4.41. The van der Waals surface area contributed by atoms with Gasteiger partial charge < -0.3 is 10.1 Å². The summed E-state index contributed by atoms with van der Waals surface area (Å²) in [6, 6.07) is 0. The molecule has 0 saturated heterocycles. The van der Waals surface area contributed by atoms with E-state index in [2.05, 4.69) is 25.1 Å². The molecule has 0 aromatic rings. The molecule has 0 aliphatic rings. The molecule has 76 valence electrons. The smallest absolute Gasteiger partial charge is 0.0741 e. The highest BCUT2D eigenvalue weighted by molar-refractivity contribution is 5.07. The van der Waals surface area contributed by atoms with Gasteiger partial charge >= 0.3 is 0 Å². The molecule has 2 heteroatoms. The lowest BCUT2D eigenvalue weighted by molar-refractivity contribution is 0.0151. The molecule has 0 rings (SSSR count). The van der Waals surface area contributed by atoms with E-state index in [-0.39, 0.29) is 11.1 Å². The fourth-order valence-electron chi connectivity index (χ4n) is 0.829. The van der Waals surface area contributed by atoms with E-state index < -0.39 is 0 Å². The van der Waals surface area contributed by atoms with Crippen LogP contribution in [0.4, 0.5) is 0 Å². The van der Waals surface area contributed by atoms with Crippen LogP contribution in [0.5, 0.6) is 0 Å². The normalized spacial score (nSPS) is 12.6. The summed E-state index contributed by atoms with van der Waals surface area (Å²) in [5.74, 6) is 2.69. The van der Waals surface area contributed by atoms with Gasteiger partial charge in [0.25, 0.3) is 0 Å². The number of terminal acetylenes is 1. The first-order valence-electron chi connectivity index (χ1n) is 4.61. The fourth-order valence-corrected chi connectivity index (χ4v) is 0.829. The highest BCUT2D eigenvalue weighted by atomic mass is 16.5. The third-order valence-corrected chi connectivity index (χ3v) is 2.21. The minimum Gasteiger partial charge on any atom is -0.379 e. The standard InChI is InChI=1S/C11H21NO/c1-7-10(2,3)12-9-8-11(4,5)13-6/h1,12H,8-9H2,2-6H3. The molecular formula is C11H21NO. The summed E-state index contributed by atoms with van der Waals surface area (Å²) < 4.78 is 5.29. The Morgan fingerprint density at radius 1 is 1.31 bits per heavy atom. The molecule has 0 aromatic carbocycles. The summed E-state index contributed by atoms with van der Waals surface area (Å²) in [4.78, 5) is 0. The molecule has 0 unspecified atom stereocenters. The molecule has 0 fully saturated rings. The zero-order valence-electron chi connectivity index (χ0n) is 9.40. The van der Waals surface area contributed by atoms with Crippen molar-refractivity contribution in [3.8, 4) is 12.3 Å². The van der Waals surface area contributed by atoms with Gasteiger partial charge in [-0.05, 0) is 40.7 Å². The summed E-state index contributed by atoms with van der Waals surface area (Å²) in [6.07, 6.45) is 6.30. The minimum absolute atomic E-state index is 0.0717. The van der Waals surface area contributed by atoms with Crippen LogP contribution in [0.1, 0.15) is 34.1 Å². The van der Waals surface area contributed by atoms with Crippen LogP contribution < -0.4 is 5.32 Å². The third-order valence-electron chi connectivity index (χ3n) is 2.21. The second kappa shape index (κ2) is 4.64. The van der Waals surface area contributed by atoms with Gasteiger partial charge in [0.05, 0.1) is 11.1 Å². The Morgan fingerprint density at radius 3 is 2.23 bits per heavy atom. The summed E-state index contributed by atoms with van der Waals surface area (Å²) in [5, 5.41) is 3.28. The molecule has 0 saturated carbocycles. The van der Waals surface area contributed by atoms with Crippen molar-refractivity contribution >= 4 is 0 Å². The van der Waals surface area contributed by atoms with Gasteiger partial charge in [0, 0.05) is 7.11 Å². The molecule has 0 atom stereocenters. The maximum atomic E-state index is 5.34. The van der Waals surface area contributed by atoms with Crippen molar-refractivity contribution in [3.05, 3.63) is 0 Å². The van der Waals surface area contributed by atoms with Gasteiger partial charge in [0.1, 0.15) is 0 Å². The number of methoxy groups -OCH3 is 1. The predicted molar refractivity (Wildman–Crippen MR) is 56.6 cm³/mol. The van der Waals surface area contributed by atoms with E-state index in [0.717, 1.165) is 13.0 Å². The van der Waals surface area contributed by atoms with Gasteiger partial charge in [0.2, 0.25) is 0 Å². The molecule has 0 aliphatic heterocycles. The van der Waals surface area contributed by atoms with Crippen LogP contribution in [0.15, 0.2) is 0 Å². The lowest BCUT2D eigenvalue weighted by Crippen LogP contribution is -2.40.